The van der Waals surface area contributed by atoms with Gasteiger partial charge in [-0.15, -0.1) is 0 Å². The van der Waals surface area contributed by atoms with Gasteiger partial charge in [0.1, 0.15) is 18.0 Å². The molecule has 26 heavy (non-hydrogen) atoms. The van der Waals surface area contributed by atoms with Crippen molar-refractivity contribution < 1.29 is 24.1 Å². The van der Waals surface area contributed by atoms with E-state index in [4.69, 9.17) is 9.47 Å². The van der Waals surface area contributed by atoms with Gasteiger partial charge < -0.3 is 24.6 Å². The summed E-state index contributed by atoms with van der Waals surface area (Å²) in [5.74, 6) is 0.654. The molecule has 0 aromatic carbocycles. The van der Waals surface area contributed by atoms with Crippen LogP contribution in [-0.2, 0) is 9.47 Å². The summed E-state index contributed by atoms with van der Waals surface area (Å²) < 4.78 is 27.9. The van der Waals surface area contributed by atoms with Crippen molar-refractivity contribution in [2.45, 2.75) is 37.4 Å². The smallest absolute Gasteiger partial charge is 0.183 e. The second-order valence-electron chi connectivity index (χ2n) is 7.00. The van der Waals surface area contributed by atoms with E-state index in [2.05, 4.69) is 15.0 Å². The van der Waals surface area contributed by atoms with E-state index in [-0.39, 0.29) is 0 Å². The number of imidazole rings is 1. The molecule has 0 radical (unpaired) electrons. The first-order valence-corrected chi connectivity index (χ1v) is 8.55. The Bertz CT molecular complexity index is 805. The largest absolute Gasteiger partial charge is 0.394 e. The van der Waals surface area contributed by atoms with Crippen LogP contribution in [0, 0.1) is 0 Å². The highest BCUT2D eigenvalue weighted by Crippen LogP contribution is 2.48. The maximum absolute atomic E-state index is 15.4. The molecule has 0 saturated carbocycles. The van der Waals surface area contributed by atoms with Crippen molar-refractivity contribution >= 4 is 17.0 Å². The zero-order chi connectivity index (χ0) is 18.5. The molecule has 4 atom stereocenters. The molecule has 2 fully saturated rings. The van der Waals surface area contributed by atoms with Crippen LogP contribution in [0.4, 0.5) is 10.2 Å². The zero-order valence-corrected chi connectivity index (χ0v) is 14.7. The maximum atomic E-state index is 15.4. The number of anilines is 1. The molecule has 4 rings (SSSR count). The first-order chi connectivity index (χ1) is 12.4. The van der Waals surface area contributed by atoms with E-state index in [0.717, 1.165) is 0 Å². The summed E-state index contributed by atoms with van der Waals surface area (Å²) in [6, 6.07) is 0. The maximum Gasteiger partial charge on any atom is 0.183 e. The van der Waals surface area contributed by atoms with Crippen LogP contribution >= 0.6 is 0 Å². The van der Waals surface area contributed by atoms with Crippen molar-refractivity contribution in [3.63, 3.8) is 0 Å². The van der Waals surface area contributed by atoms with E-state index in [0.29, 0.717) is 43.3 Å². The first kappa shape index (κ1) is 17.5. The lowest BCUT2D eigenvalue weighted by atomic mass is 9.85. The fourth-order valence-corrected chi connectivity index (χ4v) is 3.55. The number of fused-ring (bicyclic) bond motifs is 1. The third-order valence-electron chi connectivity index (χ3n) is 5.44. The molecule has 0 aliphatic carbocycles. The Labute approximate surface area is 149 Å². The van der Waals surface area contributed by atoms with E-state index >= 15 is 4.39 Å². The lowest BCUT2D eigenvalue weighted by Crippen LogP contribution is -2.51. The highest BCUT2D eigenvalue weighted by molar-refractivity contribution is 5.83. The minimum atomic E-state index is -2.15. The van der Waals surface area contributed by atoms with Gasteiger partial charge in [-0.05, 0) is 13.8 Å². The standard InChI is InChI=1S/C16H22FN5O4/c1-15(17)14(26-10(7-23)16(15,2)24)22-9-20-11-12(18-8-19-13(11)22)21-3-5-25-6-4-21/h8-10,14,23-24H,3-7H2,1-2H3/t10-,14?,15+,16?/m1/s1. The number of rotatable bonds is 3. The van der Waals surface area contributed by atoms with Gasteiger partial charge >= 0.3 is 0 Å². The molecular weight excluding hydrogens is 345 g/mol. The van der Waals surface area contributed by atoms with Gasteiger partial charge in [0.05, 0.1) is 26.1 Å². The predicted octanol–water partition coefficient (Wildman–Crippen LogP) is 0.0318. The quantitative estimate of drug-likeness (QED) is 0.783. The lowest BCUT2D eigenvalue weighted by molar-refractivity contribution is -0.0891. The Morgan fingerprint density at radius 2 is 2.00 bits per heavy atom. The molecule has 2 aliphatic heterocycles. The number of aliphatic hydroxyl groups excluding tert-OH is 1. The number of aromatic nitrogens is 4. The van der Waals surface area contributed by atoms with Crippen LogP contribution in [0.2, 0.25) is 0 Å². The summed E-state index contributed by atoms with van der Waals surface area (Å²) in [5, 5.41) is 20.0. The number of hydrogen-bond donors (Lipinski definition) is 2. The van der Waals surface area contributed by atoms with Gasteiger partial charge in [0.2, 0.25) is 0 Å². The van der Waals surface area contributed by atoms with Crippen molar-refractivity contribution in [2.24, 2.45) is 0 Å². The van der Waals surface area contributed by atoms with Crippen molar-refractivity contribution in [2.75, 3.05) is 37.8 Å². The molecule has 2 N–H and O–H groups in total. The predicted molar refractivity (Wildman–Crippen MR) is 89.5 cm³/mol. The average molecular weight is 367 g/mol. The Hall–Kier alpha value is -1.88. The van der Waals surface area contributed by atoms with Crippen molar-refractivity contribution in [3.05, 3.63) is 12.7 Å². The minimum absolute atomic E-state index is 0.407. The third-order valence-corrected chi connectivity index (χ3v) is 5.44. The van der Waals surface area contributed by atoms with Gasteiger partial charge in [-0.25, -0.2) is 19.3 Å². The van der Waals surface area contributed by atoms with E-state index in [1.807, 2.05) is 4.90 Å². The Morgan fingerprint density at radius 1 is 1.27 bits per heavy atom. The van der Waals surface area contributed by atoms with Crippen LogP contribution in [-0.4, -0.2) is 80.0 Å². The molecule has 2 aliphatic rings. The number of halogens is 1. The molecule has 10 heteroatoms. The number of ether oxygens (including phenoxy) is 2. The minimum Gasteiger partial charge on any atom is -0.394 e. The summed E-state index contributed by atoms with van der Waals surface area (Å²) in [7, 11) is 0. The van der Waals surface area contributed by atoms with Gasteiger partial charge in [0, 0.05) is 13.1 Å². The second kappa shape index (κ2) is 6.08. The number of morpholine rings is 1. The third kappa shape index (κ3) is 2.40. The Balaban J connectivity index is 1.77. The highest BCUT2D eigenvalue weighted by Gasteiger charge is 2.63. The molecule has 2 aromatic rings. The van der Waals surface area contributed by atoms with Gasteiger partial charge in [-0.2, -0.15) is 0 Å². The summed E-state index contributed by atoms with van der Waals surface area (Å²) in [4.78, 5) is 15.0. The molecule has 4 heterocycles. The first-order valence-electron chi connectivity index (χ1n) is 8.55. The SMILES string of the molecule is CC1(O)[C@@H](CO)OC(n2cnc3c(N4CCOCC4)ncnc32)[C@]1(C)F. The molecule has 2 saturated heterocycles. The number of hydrogen-bond acceptors (Lipinski definition) is 8. The summed E-state index contributed by atoms with van der Waals surface area (Å²) in [6.45, 7) is 4.64. The fourth-order valence-electron chi connectivity index (χ4n) is 3.55. The number of alkyl halides is 1. The Kier molecular flexibility index (Phi) is 4.10. The zero-order valence-electron chi connectivity index (χ0n) is 14.7. The van der Waals surface area contributed by atoms with Crippen LogP contribution in [0.25, 0.3) is 11.2 Å². The van der Waals surface area contributed by atoms with Gasteiger partial charge in [0.15, 0.2) is 28.9 Å². The van der Waals surface area contributed by atoms with Crippen LogP contribution < -0.4 is 4.90 Å². The fraction of sp³-hybridized carbons (Fsp3) is 0.688. The molecule has 2 unspecified atom stereocenters. The van der Waals surface area contributed by atoms with E-state index in [1.165, 1.54) is 31.1 Å². The van der Waals surface area contributed by atoms with Gasteiger partial charge in [0.25, 0.3) is 0 Å². The van der Waals surface area contributed by atoms with E-state index < -0.39 is 30.2 Å². The van der Waals surface area contributed by atoms with Gasteiger partial charge in [-0.3, -0.25) is 4.57 Å². The normalized spacial score (nSPS) is 35.3. The number of aliphatic hydroxyl groups is 2. The lowest BCUT2D eigenvalue weighted by Gasteiger charge is -2.32. The topological polar surface area (TPSA) is 106 Å². The summed E-state index contributed by atoms with van der Waals surface area (Å²) in [6.07, 6.45) is 0.603. The molecule has 142 valence electrons. The van der Waals surface area contributed by atoms with Crippen molar-refractivity contribution in [1.29, 1.82) is 0 Å². The van der Waals surface area contributed by atoms with E-state index in [1.54, 1.807) is 0 Å². The molecule has 9 nitrogen and oxygen atoms in total. The molecule has 0 spiro atoms. The van der Waals surface area contributed by atoms with E-state index in [9.17, 15) is 10.2 Å². The highest BCUT2D eigenvalue weighted by atomic mass is 19.1. The van der Waals surface area contributed by atoms with Crippen molar-refractivity contribution in [3.8, 4) is 0 Å². The van der Waals surface area contributed by atoms with Crippen LogP contribution in [0.3, 0.4) is 0 Å². The summed E-state index contributed by atoms with van der Waals surface area (Å²) >= 11 is 0. The van der Waals surface area contributed by atoms with Crippen LogP contribution in [0.1, 0.15) is 20.1 Å². The number of nitrogens with zero attached hydrogens (tertiary/aromatic N) is 5. The van der Waals surface area contributed by atoms with Crippen molar-refractivity contribution in [1.82, 2.24) is 19.5 Å². The van der Waals surface area contributed by atoms with Gasteiger partial charge in [-0.1, -0.05) is 0 Å². The second-order valence-corrected chi connectivity index (χ2v) is 7.00. The van der Waals surface area contributed by atoms with Crippen LogP contribution in [0.15, 0.2) is 12.7 Å². The van der Waals surface area contributed by atoms with Crippen LogP contribution in [0.5, 0.6) is 0 Å². The Morgan fingerprint density at radius 3 is 2.65 bits per heavy atom. The summed E-state index contributed by atoms with van der Waals surface area (Å²) in [5.41, 5.74) is -3.08. The molecule has 0 bridgehead atoms. The molecule has 0 amide bonds. The molecular formula is C16H22FN5O4. The molecule has 2 aromatic heterocycles. The average Bonchev–Trinajstić information content (AvgIpc) is 3.13. The monoisotopic (exact) mass is 367 g/mol.